The average Bonchev–Trinajstić information content (AvgIpc) is 3.18. The molecule has 0 bridgehead atoms. The minimum atomic E-state index is -0.519. The molecule has 178 valence electrons. The summed E-state index contributed by atoms with van der Waals surface area (Å²) in [6, 6.07) is 16.3. The van der Waals surface area contributed by atoms with Crippen LogP contribution in [-0.2, 0) is 23.9 Å². The lowest BCUT2D eigenvalue weighted by atomic mass is 9.98. The highest BCUT2D eigenvalue weighted by Crippen LogP contribution is 2.44. The maximum absolute atomic E-state index is 12.1. The Bertz CT molecular complexity index is 1020. The van der Waals surface area contributed by atoms with Crippen LogP contribution in [0.5, 0.6) is 0 Å². The molecule has 2 aromatic rings. The predicted molar refractivity (Wildman–Crippen MR) is 127 cm³/mol. The standard InChI is InChI=1S/C26H28N2O6/c1-32-24(29)14-7-9-17-28-34-25(30)15-6-8-16-27-26(31)33-18-23-21-12-4-2-10-19(21)20-11-3-5-13-22(20)23/h2-13,23,28H,14-18H2,1H3,(H,27,31). The largest absolute Gasteiger partial charge is 0.469 e. The molecule has 8 nitrogen and oxygen atoms in total. The van der Waals surface area contributed by atoms with Gasteiger partial charge in [0.15, 0.2) is 0 Å². The predicted octanol–water partition coefficient (Wildman–Crippen LogP) is 3.64. The van der Waals surface area contributed by atoms with E-state index >= 15 is 0 Å². The lowest BCUT2D eigenvalue weighted by molar-refractivity contribution is -0.149. The van der Waals surface area contributed by atoms with Crippen LogP contribution in [-0.4, -0.2) is 44.8 Å². The van der Waals surface area contributed by atoms with Gasteiger partial charge < -0.3 is 19.6 Å². The van der Waals surface area contributed by atoms with E-state index in [1.54, 1.807) is 24.3 Å². The highest BCUT2D eigenvalue weighted by molar-refractivity contribution is 5.79. The van der Waals surface area contributed by atoms with E-state index in [-0.39, 0.29) is 44.4 Å². The number of hydrogen-bond donors (Lipinski definition) is 2. The quantitative estimate of drug-likeness (QED) is 0.172. The summed E-state index contributed by atoms with van der Waals surface area (Å²) in [5.74, 6) is -0.810. The third-order valence-corrected chi connectivity index (χ3v) is 5.23. The van der Waals surface area contributed by atoms with Gasteiger partial charge in [-0.3, -0.25) is 9.59 Å². The van der Waals surface area contributed by atoms with E-state index < -0.39 is 12.1 Å². The Morgan fingerprint density at radius 2 is 1.41 bits per heavy atom. The van der Waals surface area contributed by atoms with Crippen molar-refractivity contribution in [2.75, 3.05) is 26.8 Å². The number of methoxy groups -OCH3 is 1. The maximum atomic E-state index is 12.1. The number of nitrogens with one attached hydrogen (secondary N) is 2. The average molecular weight is 465 g/mol. The zero-order valence-corrected chi connectivity index (χ0v) is 19.0. The minimum absolute atomic E-state index is 0.00581. The number of ether oxygens (including phenoxy) is 2. The van der Waals surface area contributed by atoms with E-state index in [9.17, 15) is 14.4 Å². The highest BCUT2D eigenvalue weighted by Gasteiger charge is 2.28. The van der Waals surface area contributed by atoms with Crippen LogP contribution >= 0.6 is 0 Å². The van der Waals surface area contributed by atoms with E-state index in [1.807, 2.05) is 24.3 Å². The molecular formula is C26H28N2O6. The smallest absolute Gasteiger partial charge is 0.407 e. The van der Waals surface area contributed by atoms with Gasteiger partial charge in [0.1, 0.15) is 6.61 Å². The van der Waals surface area contributed by atoms with E-state index in [0.29, 0.717) is 0 Å². The lowest BCUT2D eigenvalue weighted by Crippen LogP contribution is -2.26. The number of rotatable bonds is 11. The zero-order chi connectivity index (χ0) is 24.2. The number of carbonyl (C=O) groups is 3. The van der Waals surface area contributed by atoms with Crippen molar-refractivity contribution in [1.82, 2.24) is 10.8 Å². The molecule has 1 aliphatic carbocycles. The third kappa shape index (κ3) is 7.05. The van der Waals surface area contributed by atoms with Crippen LogP contribution in [0.15, 0.2) is 72.8 Å². The normalized spacial score (nSPS) is 12.4. The summed E-state index contributed by atoms with van der Waals surface area (Å²) in [7, 11) is 1.32. The van der Waals surface area contributed by atoms with Crippen molar-refractivity contribution in [2.45, 2.75) is 18.8 Å². The summed E-state index contributed by atoms with van der Waals surface area (Å²) in [6.45, 7) is 0.749. The third-order valence-electron chi connectivity index (χ3n) is 5.23. The van der Waals surface area contributed by atoms with Crippen molar-refractivity contribution in [3.05, 3.63) is 84.0 Å². The molecule has 0 spiro atoms. The molecule has 3 rings (SSSR count). The maximum Gasteiger partial charge on any atom is 0.407 e. The van der Waals surface area contributed by atoms with Crippen LogP contribution in [0.2, 0.25) is 0 Å². The first kappa shape index (κ1) is 24.7. The van der Waals surface area contributed by atoms with Gasteiger partial charge >= 0.3 is 18.0 Å². The van der Waals surface area contributed by atoms with Gasteiger partial charge in [0.25, 0.3) is 0 Å². The van der Waals surface area contributed by atoms with Gasteiger partial charge in [-0.1, -0.05) is 72.8 Å². The molecule has 0 fully saturated rings. The van der Waals surface area contributed by atoms with Crippen molar-refractivity contribution in [1.29, 1.82) is 0 Å². The minimum Gasteiger partial charge on any atom is -0.469 e. The molecule has 0 saturated heterocycles. The Morgan fingerprint density at radius 3 is 2.06 bits per heavy atom. The van der Waals surface area contributed by atoms with E-state index in [2.05, 4.69) is 39.8 Å². The monoisotopic (exact) mass is 464 g/mol. The summed E-state index contributed by atoms with van der Waals surface area (Å²) in [4.78, 5) is 39.5. The van der Waals surface area contributed by atoms with Gasteiger partial charge in [-0.25, -0.2) is 4.79 Å². The van der Waals surface area contributed by atoms with E-state index in [4.69, 9.17) is 9.57 Å². The molecule has 0 radical (unpaired) electrons. The highest BCUT2D eigenvalue weighted by atomic mass is 16.7. The molecule has 0 aromatic heterocycles. The van der Waals surface area contributed by atoms with Gasteiger partial charge in [0.05, 0.1) is 20.0 Å². The lowest BCUT2D eigenvalue weighted by Gasteiger charge is -2.14. The SMILES string of the molecule is COC(=O)CC=CCNOC(=O)CC=CCNC(=O)OCC1c2ccccc2-c2ccccc21. The molecule has 1 aliphatic rings. The van der Waals surface area contributed by atoms with Crippen molar-refractivity contribution >= 4 is 18.0 Å². The van der Waals surface area contributed by atoms with E-state index in [0.717, 1.165) is 11.1 Å². The summed E-state index contributed by atoms with van der Waals surface area (Å²) < 4.78 is 9.95. The van der Waals surface area contributed by atoms with Crippen molar-refractivity contribution in [2.24, 2.45) is 0 Å². The van der Waals surface area contributed by atoms with E-state index in [1.165, 1.54) is 18.2 Å². The summed E-state index contributed by atoms with van der Waals surface area (Å²) >= 11 is 0. The number of benzene rings is 2. The molecule has 1 amide bonds. The number of esters is 1. The van der Waals surface area contributed by atoms with Crippen molar-refractivity contribution in [3.8, 4) is 11.1 Å². The molecular weight excluding hydrogens is 436 g/mol. The molecule has 0 saturated carbocycles. The summed E-state index contributed by atoms with van der Waals surface area (Å²) in [5, 5.41) is 2.65. The second kappa shape index (κ2) is 13.0. The number of amides is 1. The van der Waals surface area contributed by atoms with Crippen LogP contribution in [0.4, 0.5) is 4.79 Å². The Labute approximate surface area is 198 Å². The number of hydroxylamine groups is 1. The molecule has 0 aliphatic heterocycles. The first-order valence-electron chi connectivity index (χ1n) is 11.0. The van der Waals surface area contributed by atoms with Crippen molar-refractivity contribution in [3.63, 3.8) is 0 Å². The first-order valence-corrected chi connectivity index (χ1v) is 11.0. The van der Waals surface area contributed by atoms with Crippen molar-refractivity contribution < 1.29 is 28.7 Å². The van der Waals surface area contributed by atoms with Crippen LogP contribution < -0.4 is 10.8 Å². The molecule has 2 N–H and O–H groups in total. The van der Waals surface area contributed by atoms with Gasteiger partial charge in [-0.2, -0.15) is 0 Å². The van der Waals surface area contributed by atoms with Gasteiger partial charge in [-0.15, -0.1) is 5.48 Å². The summed E-state index contributed by atoms with van der Waals surface area (Å²) in [5.41, 5.74) is 7.14. The molecule has 0 heterocycles. The zero-order valence-electron chi connectivity index (χ0n) is 19.0. The molecule has 0 unspecified atom stereocenters. The van der Waals surface area contributed by atoms with Gasteiger partial charge in [0, 0.05) is 19.0 Å². The number of fused-ring (bicyclic) bond motifs is 3. The van der Waals surface area contributed by atoms with Crippen LogP contribution in [0.25, 0.3) is 11.1 Å². The molecule has 34 heavy (non-hydrogen) atoms. The fourth-order valence-corrected chi connectivity index (χ4v) is 3.61. The van der Waals surface area contributed by atoms with Crippen LogP contribution in [0, 0.1) is 0 Å². The topological polar surface area (TPSA) is 103 Å². The number of hydrogen-bond acceptors (Lipinski definition) is 7. The summed E-state index contributed by atoms with van der Waals surface area (Å²) in [6.07, 6.45) is 6.20. The fourth-order valence-electron chi connectivity index (χ4n) is 3.61. The second-order valence-corrected chi connectivity index (χ2v) is 7.46. The number of carbonyl (C=O) groups excluding carboxylic acids is 3. The van der Waals surface area contributed by atoms with Crippen LogP contribution in [0.1, 0.15) is 29.9 Å². The molecule has 8 heteroatoms. The van der Waals surface area contributed by atoms with Gasteiger partial charge in [0.2, 0.25) is 0 Å². The fraction of sp³-hybridized carbons (Fsp3) is 0.269. The van der Waals surface area contributed by atoms with Gasteiger partial charge in [-0.05, 0) is 22.3 Å². The Kier molecular flexibility index (Phi) is 9.42. The Balaban J connectivity index is 1.32. The molecule has 0 atom stereocenters. The van der Waals surface area contributed by atoms with Crippen LogP contribution in [0.3, 0.4) is 0 Å². The Morgan fingerprint density at radius 1 is 0.824 bits per heavy atom. The first-order chi connectivity index (χ1) is 16.6. The second-order valence-electron chi connectivity index (χ2n) is 7.46. The number of alkyl carbamates (subject to hydrolysis) is 1. The Hall–Kier alpha value is -3.91. The molecule has 2 aromatic carbocycles.